The van der Waals surface area contributed by atoms with Crippen LogP contribution >= 0.6 is 0 Å². The molecule has 1 aliphatic heterocycles. The van der Waals surface area contributed by atoms with Crippen LogP contribution in [-0.2, 0) is 11.2 Å². The van der Waals surface area contributed by atoms with Gasteiger partial charge in [0.1, 0.15) is 0 Å². The van der Waals surface area contributed by atoms with Gasteiger partial charge in [0.2, 0.25) is 5.91 Å². The summed E-state index contributed by atoms with van der Waals surface area (Å²) in [6, 6.07) is 15.4. The molecular weight excluding hydrogens is 326 g/mol. The Morgan fingerprint density at radius 1 is 0.923 bits per heavy atom. The highest BCUT2D eigenvalue weighted by atomic mass is 16.2. The second-order valence-corrected chi connectivity index (χ2v) is 6.71. The van der Waals surface area contributed by atoms with E-state index in [0.717, 1.165) is 43.1 Å². The molecular formula is C21H25N3O2. The van der Waals surface area contributed by atoms with Gasteiger partial charge in [-0.1, -0.05) is 24.3 Å². The molecule has 0 bridgehead atoms. The molecule has 1 amide bonds. The Hall–Kier alpha value is -2.82. The molecule has 1 saturated heterocycles. The molecule has 0 radical (unpaired) electrons. The summed E-state index contributed by atoms with van der Waals surface area (Å²) in [5.74, 6) is 0.254. The molecule has 5 nitrogen and oxygen atoms in total. The first-order valence-corrected chi connectivity index (χ1v) is 9.01. The highest BCUT2D eigenvalue weighted by molar-refractivity contribution is 5.94. The average molecular weight is 351 g/mol. The normalized spacial score (nSPS) is 14.3. The van der Waals surface area contributed by atoms with E-state index in [0.29, 0.717) is 18.4 Å². The van der Waals surface area contributed by atoms with E-state index in [9.17, 15) is 9.59 Å². The number of nitrogens with two attached hydrogens (primary N) is 1. The van der Waals surface area contributed by atoms with Crippen LogP contribution in [0.2, 0.25) is 0 Å². The SMILES string of the molecule is CC(=O)c1ccc(CCC(=O)N2CCN(c3ccc(N)cc3)CC2)cc1. The second kappa shape index (κ2) is 8.04. The number of benzene rings is 2. The molecule has 26 heavy (non-hydrogen) atoms. The molecule has 5 heteroatoms. The molecule has 0 aliphatic carbocycles. The number of amides is 1. The number of nitrogen functional groups attached to an aromatic ring is 1. The zero-order valence-electron chi connectivity index (χ0n) is 15.1. The first-order chi connectivity index (χ1) is 12.5. The third-order valence-electron chi connectivity index (χ3n) is 4.88. The summed E-state index contributed by atoms with van der Waals surface area (Å²) >= 11 is 0. The Morgan fingerprint density at radius 3 is 2.12 bits per heavy atom. The first kappa shape index (κ1) is 18.0. The maximum atomic E-state index is 12.5. The van der Waals surface area contributed by atoms with Crippen molar-refractivity contribution in [2.24, 2.45) is 0 Å². The van der Waals surface area contributed by atoms with Gasteiger partial charge in [0.25, 0.3) is 0 Å². The Kier molecular flexibility index (Phi) is 5.56. The van der Waals surface area contributed by atoms with Gasteiger partial charge in [0.05, 0.1) is 0 Å². The van der Waals surface area contributed by atoms with Gasteiger partial charge in [0, 0.05) is 49.5 Å². The van der Waals surface area contributed by atoms with Crippen molar-refractivity contribution in [2.75, 3.05) is 36.8 Å². The van der Waals surface area contributed by atoms with Gasteiger partial charge >= 0.3 is 0 Å². The number of carbonyl (C=O) groups is 2. The van der Waals surface area contributed by atoms with E-state index in [4.69, 9.17) is 5.73 Å². The first-order valence-electron chi connectivity index (χ1n) is 9.01. The monoisotopic (exact) mass is 351 g/mol. The summed E-state index contributed by atoms with van der Waals surface area (Å²) < 4.78 is 0. The van der Waals surface area contributed by atoms with Gasteiger partial charge in [-0.3, -0.25) is 9.59 Å². The highest BCUT2D eigenvalue weighted by Gasteiger charge is 2.21. The Bertz CT molecular complexity index is 761. The van der Waals surface area contributed by atoms with Crippen LogP contribution in [0.5, 0.6) is 0 Å². The summed E-state index contributed by atoms with van der Waals surface area (Å²) in [6.07, 6.45) is 1.20. The second-order valence-electron chi connectivity index (χ2n) is 6.71. The predicted octanol–water partition coefficient (Wildman–Crippen LogP) is 2.75. The van der Waals surface area contributed by atoms with Crippen molar-refractivity contribution in [3.8, 4) is 0 Å². The Balaban J connectivity index is 1.47. The van der Waals surface area contributed by atoms with E-state index in [1.165, 1.54) is 0 Å². The molecule has 0 saturated carbocycles. The molecule has 1 aliphatic rings. The van der Waals surface area contributed by atoms with Crippen molar-refractivity contribution in [2.45, 2.75) is 19.8 Å². The number of Topliss-reactive ketones (excluding diaryl/α,β-unsaturated/α-hetero) is 1. The van der Waals surface area contributed by atoms with Crippen LogP contribution < -0.4 is 10.6 Å². The highest BCUT2D eigenvalue weighted by Crippen LogP contribution is 2.18. The standard InChI is InChI=1S/C21H25N3O2/c1-16(25)18-5-2-17(3-6-18)4-11-21(26)24-14-12-23(13-15-24)20-9-7-19(22)8-10-20/h2-3,5-10H,4,11-15,22H2,1H3. The van der Waals surface area contributed by atoms with E-state index < -0.39 is 0 Å². The van der Waals surface area contributed by atoms with Gasteiger partial charge in [0.15, 0.2) is 5.78 Å². The molecule has 3 rings (SSSR count). The van der Waals surface area contributed by atoms with Crippen LogP contribution in [0.3, 0.4) is 0 Å². The lowest BCUT2D eigenvalue weighted by Crippen LogP contribution is -2.48. The number of hydrogen-bond acceptors (Lipinski definition) is 4. The molecule has 2 aromatic rings. The van der Waals surface area contributed by atoms with E-state index >= 15 is 0 Å². The van der Waals surface area contributed by atoms with Crippen molar-refractivity contribution < 1.29 is 9.59 Å². The fourth-order valence-electron chi connectivity index (χ4n) is 3.21. The van der Waals surface area contributed by atoms with E-state index in [2.05, 4.69) is 4.90 Å². The van der Waals surface area contributed by atoms with Gasteiger partial charge in [-0.05, 0) is 43.2 Å². The maximum absolute atomic E-state index is 12.5. The van der Waals surface area contributed by atoms with Gasteiger partial charge in [-0.25, -0.2) is 0 Å². The van der Waals surface area contributed by atoms with Crippen molar-refractivity contribution in [3.63, 3.8) is 0 Å². The molecule has 1 fully saturated rings. The molecule has 1 heterocycles. The number of aryl methyl sites for hydroxylation is 1. The number of piperazine rings is 1. The molecule has 2 N–H and O–H groups in total. The number of ketones is 1. The van der Waals surface area contributed by atoms with Crippen molar-refractivity contribution >= 4 is 23.1 Å². The average Bonchev–Trinajstić information content (AvgIpc) is 2.67. The smallest absolute Gasteiger partial charge is 0.223 e. The van der Waals surface area contributed by atoms with Crippen molar-refractivity contribution in [1.82, 2.24) is 4.90 Å². The fraction of sp³-hybridized carbons (Fsp3) is 0.333. The zero-order valence-corrected chi connectivity index (χ0v) is 15.1. The van der Waals surface area contributed by atoms with Crippen LogP contribution in [0.15, 0.2) is 48.5 Å². The number of nitrogens with zero attached hydrogens (tertiary/aromatic N) is 2. The summed E-state index contributed by atoms with van der Waals surface area (Å²) in [7, 11) is 0. The van der Waals surface area contributed by atoms with Gasteiger partial charge in [-0.2, -0.15) is 0 Å². The van der Waals surface area contributed by atoms with Crippen LogP contribution in [0.1, 0.15) is 29.3 Å². The Morgan fingerprint density at radius 2 is 1.54 bits per heavy atom. The lowest BCUT2D eigenvalue weighted by molar-refractivity contribution is -0.131. The zero-order chi connectivity index (χ0) is 18.5. The third kappa shape index (κ3) is 4.42. The minimum Gasteiger partial charge on any atom is -0.399 e. The van der Waals surface area contributed by atoms with Crippen LogP contribution in [-0.4, -0.2) is 42.8 Å². The molecule has 2 aromatic carbocycles. The lowest BCUT2D eigenvalue weighted by Gasteiger charge is -2.36. The molecule has 0 atom stereocenters. The van der Waals surface area contributed by atoms with E-state index in [-0.39, 0.29) is 11.7 Å². The molecule has 136 valence electrons. The number of carbonyl (C=O) groups excluding carboxylic acids is 2. The van der Waals surface area contributed by atoms with Crippen molar-refractivity contribution in [1.29, 1.82) is 0 Å². The Labute approximate surface area is 154 Å². The van der Waals surface area contributed by atoms with Crippen LogP contribution in [0.4, 0.5) is 11.4 Å². The van der Waals surface area contributed by atoms with E-state index in [1.807, 2.05) is 53.4 Å². The van der Waals surface area contributed by atoms with Gasteiger partial charge < -0.3 is 15.5 Å². The maximum Gasteiger partial charge on any atom is 0.223 e. The molecule has 0 unspecified atom stereocenters. The van der Waals surface area contributed by atoms with E-state index in [1.54, 1.807) is 6.92 Å². The van der Waals surface area contributed by atoms with Gasteiger partial charge in [-0.15, -0.1) is 0 Å². The molecule has 0 spiro atoms. The van der Waals surface area contributed by atoms with Crippen LogP contribution in [0.25, 0.3) is 0 Å². The largest absolute Gasteiger partial charge is 0.399 e. The number of anilines is 2. The van der Waals surface area contributed by atoms with Crippen molar-refractivity contribution in [3.05, 3.63) is 59.7 Å². The topological polar surface area (TPSA) is 66.6 Å². The molecule has 0 aromatic heterocycles. The minimum absolute atomic E-state index is 0.0617. The number of rotatable bonds is 5. The quantitative estimate of drug-likeness (QED) is 0.664. The lowest BCUT2D eigenvalue weighted by atomic mass is 10.1. The summed E-state index contributed by atoms with van der Waals surface area (Å²) in [5, 5.41) is 0. The number of hydrogen-bond donors (Lipinski definition) is 1. The summed E-state index contributed by atoms with van der Waals surface area (Å²) in [4.78, 5) is 28.0. The van der Waals surface area contributed by atoms with Crippen LogP contribution in [0, 0.1) is 0 Å². The fourth-order valence-corrected chi connectivity index (χ4v) is 3.21. The third-order valence-corrected chi connectivity index (χ3v) is 4.88. The minimum atomic E-state index is 0.0617. The summed E-state index contributed by atoms with van der Waals surface area (Å²) in [6.45, 7) is 4.72. The predicted molar refractivity (Wildman–Crippen MR) is 104 cm³/mol. The summed E-state index contributed by atoms with van der Waals surface area (Å²) in [5.41, 5.74) is 9.44.